The summed E-state index contributed by atoms with van der Waals surface area (Å²) in [6, 6.07) is 6.05. The first-order valence-corrected chi connectivity index (χ1v) is 8.91. The number of benzene rings is 1. The Balaban J connectivity index is 1.92. The van der Waals surface area contributed by atoms with Gasteiger partial charge in [-0.25, -0.2) is 19.0 Å². The minimum absolute atomic E-state index is 0.274. The van der Waals surface area contributed by atoms with Crippen molar-refractivity contribution < 1.29 is 14.0 Å². The number of hydrogen-bond donors (Lipinski definition) is 0. The van der Waals surface area contributed by atoms with Crippen LogP contribution in [0.25, 0.3) is 11.2 Å². The minimum Gasteiger partial charge on any atom is -0.347 e. The predicted molar refractivity (Wildman–Crippen MR) is 97.6 cm³/mol. The molecule has 0 aliphatic heterocycles. The summed E-state index contributed by atoms with van der Waals surface area (Å²) in [5.41, 5.74) is 1.71. The van der Waals surface area contributed by atoms with E-state index in [2.05, 4.69) is 20.3 Å². The van der Waals surface area contributed by atoms with Gasteiger partial charge in [-0.15, -0.1) is 5.10 Å². The summed E-state index contributed by atoms with van der Waals surface area (Å²) in [7, 11) is 3.18. The summed E-state index contributed by atoms with van der Waals surface area (Å²) in [6.45, 7) is 1.72. The number of nitrogens with zero attached hydrogens (tertiary/aromatic N) is 6. The second kappa shape index (κ2) is 7.78. The average Bonchev–Trinajstić information content (AvgIpc) is 3.04. The van der Waals surface area contributed by atoms with E-state index in [1.807, 2.05) is 0 Å². The maximum absolute atomic E-state index is 13.1. The van der Waals surface area contributed by atoms with Crippen LogP contribution < -0.4 is 0 Å². The highest BCUT2D eigenvalue weighted by Crippen LogP contribution is 2.28. The Morgan fingerprint density at radius 3 is 2.56 bits per heavy atom. The smallest absolute Gasteiger partial charge is 0.243 e. The van der Waals surface area contributed by atoms with Crippen molar-refractivity contribution in [3.63, 3.8) is 0 Å². The van der Waals surface area contributed by atoms with Gasteiger partial charge in [-0.05, 0) is 24.6 Å². The van der Waals surface area contributed by atoms with E-state index >= 15 is 0 Å². The Morgan fingerprint density at radius 2 is 1.93 bits per heavy atom. The number of fused-ring (bicyclic) bond motifs is 1. The van der Waals surface area contributed by atoms with Gasteiger partial charge in [0, 0.05) is 14.1 Å². The quantitative estimate of drug-likeness (QED) is 0.359. The zero-order chi connectivity index (χ0) is 19.6. The lowest BCUT2D eigenvalue weighted by molar-refractivity contribution is -0.132. The number of carbonyl (C=O) groups is 2. The lowest BCUT2D eigenvalue weighted by Crippen LogP contribution is -2.36. The third kappa shape index (κ3) is 4.11. The molecule has 0 saturated heterocycles. The molecule has 8 nitrogen and oxygen atoms in total. The van der Waals surface area contributed by atoms with E-state index in [0.717, 1.165) is 17.3 Å². The van der Waals surface area contributed by atoms with Crippen molar-refractivity contribution >= 4 is 34.6 Å². The van der Waals surface area contributed by atoms with Gasteiger partial charge in [0.25, 0.3) is 0 Å². The average molecular weight is 388 g/mol. The van der Waals surface area contributed by atoms with Crippen LogP contribution in [-0.2, 0) is 16.1 Å². The minimum atomic E-state index is -0.916. The zero-order valence-electron chi connectivity index (χ0n) is 15.0. The molecule has 0 aliphatic carbocycles. The van der Waals surface area contributed by atoms with E-state index in [4.69, 9.17) is 0 Å². The van der Waals surface area contributed by atoms with Gasteiger partial charge in [-0.2, -0.15) is 0 Å². The van der Waals surface area contributed by atoms with Crippen LogP contribution in [0.4, 0.5) is 4.39 Å². The van der Waals surface area contributed by atoms with Gasteiger partial charge in [0.2, 0.25) is 5.91 Å². The number of Topliss-reactive ketones (excluding diaryl/α,β-unsaturated/α-hetero) is 1. The fourth-order valence-electron chi connectivity index (χ4n) is 2.38. The molecular weight excluding hydrogens is 371 g/mol. The number of amides is 1. The highest BCUT2D eigenvalue weighted by Gasteiger charge is 2.28. The van der Waals surface area contributed by atoms with Gasteiger partial charge in [-0.1, -0.05) is 29.1 Å². The molecule has 0 spiro atoms. The monoisotopic (exact) mass is 388 g/mol. The first-order chi connectivity index (χ1) is 12.9. The standard InChI is InChI=1S/C17H17FN6O2S/c1-10(25)14(17(26)23(2)3)27-16-13-15(19-9-20-16)24(22-21-13)8-11-4-6-12(18)7-5-11/h4-7,9,14H,8H2,1-3H3/t14-/m1/s1. The molecule has 1 aromatic carbocycles. The molecule has 1 atom stereocenters. The molecule has 0 radical (unpaired) electrons. The van der Waals surface area contributed by atoms with Crippen LogP contribution in [-0.4, -0.2) is 60.9 Å². The van der Waals surface area contributed by atoms with Gasteiger partial charge in [0.15, 0.2) is 16.9 Å². The van der Waals surface area contributed by atoms with Crippen molar-refractivity contribution in [2.24, 2.45) is 0 Å². The Hall–Kier alpha value is -2.88. The van der Waals surface area contributed by atoms with Gasteiger partial charge in [0.05, 0.1) is 6.54 Å². The number of halogens is 1. The van der Waals surface area contributed by atoms with Crippen molar-refractivity contribution in [1.82, 2.24) is 29.9 Å². The number of thioether (sulfide) groups is 1. The molecule has 0 N–H and O–H groups in total. The van der Waals surface area contributed by atoms with Crippen molar-refractivity contribution in [2.75, 3.05) is 14.1 Å². The van der Waals surface area contributed by atoms with Crippen molar-refractivity contribution in [3.05, 3.63) is 42.0 Å². The molecule has 2 heterocycles. The van der Waals surface area contributed by atoms with Gasteiger partial charge >= 0.3 is 0 Å². The number of carbonyl (C=O) groups excluding carboxylic acids is 2. The lowest BCUT2D eigenvalue weighted by atomic mass is 10.2. The van der Waals surface area contributed by atoms with Crippen LogP contribution >= 0.6 is 11.8 Å². The normalized spacial score (nSPS) is 12.1. The molecule has 0 fully saturated rings. The van der Waals surface area contributed by atoms with Gasteiger partial charge in [0.1, 0.15) is 22.4 Å². The lowest BCUT2D eigenvalue weighted by Gasteiger charge is -2.17. The molecule has 2 aromatic heterocycles. The van der Waals surface area contributed by atoms with Crippen LogP contribution in [0.5, 0.6) is 0 Å². The SMILES string of the molecule is CC(=O)[C@@H](Sc1ncnc2c1nnn2Cc1ccc(F)cc1)C(=O)N(C)C. The van der Waals surface area contributed by atoms with Crippen molar-refractivity contribution in [1.29, 1.82) is 0 Å². The van der Waals surface area contributed by atoms with E-state index < -0.39 is 5.25 Å². The number of aromatic nitrogens is 5. The van der Waals surface area contributed by atoms with Crippen LogP contribution in [0.3, 0.4) is 0 Å². The molecule has 0 bridgehead atoms. The second-order valence-corrected chi connectivity index (χ2v) is 7.16. The molecule has 3 rings (SSSR count). The fraction of sp³-hybridized carbons (Fsp3) is 0.294. The van der Waals surface area contributed by atoms with Crippen LogP contribution in [0.15, 0.2) is 35.6 Å². The first-order valence-electron chi connectivity index (χ1n) is 8.03. The van der Waals surface area contributed by atoms with Crippen molar-refractivity contribution in [2.45, 2.75) is 23.7 Å². The third-order valence-corrected chi connectivity index (χ3v) is 5.07. The highest BCUT2D eigenvalue weighted by molar-refractivity contribution is 8.01. The van der Waals surface area contributed by atoms with Gasteiger partial charge in [-0.3, -0.25) is 9.59 Å². The fourth-order valence-corrected chi connectivity index (χ4v) is 3.43. The molecule has 140 valence electrons. The number of ketones is 1. The van der Waals surface area contributed by atoms with Gasteiger partial charge < -0.3 is 4.90 Å². The van der Waals surface area contributed by atoms with Crippen molar-refractivity contribution in [3.8, 4) is 0 Å². The topological polar surface area (TPSA) is 93.9 Å². The molecule has 0 unspecified atom stereocenters. The molecular formula is C17H17FN6O2S. The zero-order valence-corrected chi connectivity index (χ0v) is 15.8. The molecule has 10 heteroatoms. The Labute approximate surface area is 158 Å². The molecule has 1 amide bonds. The maximum Gasteiger partial charge on any atom is 0.243 e. The van der Waals surface area contributed by atoms with E-state index in [1.54, 1.807) is 30.9 Å². The Morgan fingerprint density at radius 1 is 1.22 bits per heavy atom. The van der Waals surface area contributed by atoms with E-state index in [0.29, 0.717) is 22.7 Å². The summed E-state index contributed by atoms with van der Waals surface area (Å²) < 4.78 is 14.6. The van der Waals surface area contributed by atoms with E-state index in [1.165, 1.54) is 30.3 Å². The van der Waals surface area contributed by atoms with E-state index in [9.17, 15) is 14.0 Å². The number of hydrogen-bond acceptors (Lipinski definition) is 7. The van der Waals surface area contributed by atoms with Crippen LogP contribution in [0.2, 0.25) is 0 Å². The summed E-state index contributed by atoms with van der Waals surface area (Å²) in [5.74, 6) is -0.911. The van der Waals surface area contributed by atoms with Crippen LogP contribution in [0.1, 0.15) is 12.5 Å². The first kappa shape index (κ1) is 18.9. The molecule has 0 aliphatic rings. The molecule has 0 saturated carbocycles. The predicted octanol–water partition coefficient (Wildman–Crippen LogP) is 1.55. The molecule has 3 aromatic rings. The molecule has 27 heavy (non-hydrogen) atoms. The summed E-state index contributed by atoms with van der Waals surface area (Å²) >= 11 is 1.03. The highest BCUT2D eigenvalue weighted by atomic mass is 32.2. The summed E-state index contributed by atoms with van der Waals surface area (Å²) in [4.78, 5) is 33.9. The number of rotatable bonds is 6. The Kier molecular flexibility index (Phi) is 5.45. The summed E-state index contributed by atoms with van der Waals surface area (Å²) in [5, 5.41) is 7.68. The maximum atomic E-state index is 13.1. The Bertz CT molecular complexity index is 989. The van der Waals surface area contributed by atoms with Crippen LogP contribution in [0, 0.1) is 5.82 Å². The largest absolute Gasteiger partial charge is 0.347 e. The second-order valence-electron chi connectivity index (χ2n) is 6.07. The summed E-state index contributed by atoms with van der Waals surface area (Å²) in [6.07, 6.45) is 1.34. The third-order valence-electron chi connectivity index (χ3n) is 3.78. The van der Waals surface area contributed by atoms with E-state index in [-0.39, 0.29) is 17.5 Å².